The van der Waals surface area contributed by atoms with Gasteiger partial charge in [-0.05, 0) is 36.6 Å². The highest BCUT2D eigenvalue weighted by Gasteiger charge is 2.26. The lowest BCUT2D eigenvalue weighted by Crippen LogP contribution is -2.56. The van der Waals surface area contributed by atoms with Gasteiger partial charge in [-0.15, -0.1) is 0 Å². The molecule has 13 nitrogen and oxygen atoms in total. The maximum atomic E-state index is 12.7. The summed E-state index contributed by atoms with van der Waals surface area (Å²) in [4.78, 5) is 48.8. The molecule has 14 heteroatoms. The Balaban J connectivity index is 1.96. The van der Waals surface area contributed by atoms with Gasteiger partial charge in [0, 0.05) is 6.42 Å². The van der Waals surface area contributed by atoms with Crippen molar-refractivity contribution in [2.45, 2.75) is 37.9 Å². The molecule has 0 unspecified atom stereocenters. The molecule has 8 N–H and O–H groups in total. The van der Waals surface area contributed by atoms with Crippen molar-refractivity contribution in [3.05, 3.63) is 65.7 Å². The third kappa shape index (κ3) is 10.6. The van der Waals surface area contributed by atoms with Crippen molar-refractivity contribution in [1.82, 2.24) is 16.0 Å². The number of hydrogen-bond acceptors (Lipinski definition) is 8. The summed E-state index contributed by atoms with van der Waals surface area (Å²) in [6.07, 6.45) is 0.188. The Morgan fingerprint density at radius 1 is 0.892 bits per heavy atom. The summed E-state index contributed by atoms with van der Waals surface area (Å²) in [7, 11) is -4.66. The van der Waals surface area contributed by atoms with E-state index >= 15 is 0 Å². The molecule has 4 amide bonds. The van der Waals surface area contributed by atoms with Gasteiger partial charge in [0.05, 0.1) is 12.6 Å². The van der Waals surface area contributed by atoms with Crippen LogP contribution in [0.15, 0.2) is 54.6 Å². The number of carbonyl (C=O) groups excluding carboxylic acids is 4. The molecule has 37 heavy (non-hydrogen) atoms. The highest BCUT2D eigenvalue weighted by molar-refractivity contribution is 7.81. The van der Waals surface area contributed by atoms with Gasteiger partial charge in [0.25, 0.3) is 0 Å². The fourth-order valence-corrected chi connectivity index (χ4v) is 3.54. The molecular weight excluding hydrogens is 506 g/mol. The molecule has 0 saturated heterocycles. The number of nitrogens with one attached hydrogen (secondary N) is 3. The molecule has 200 valence electrons. The molecule has 0 heterocycles. The van der Waals surface area contributed by atoms with Crippen molar-refractivity contribution in [1.29, 1.82) is 0 Å². The van der Waals surface area contributed by atoms with Crippen LogP contribution in [0.5, 0.6) is 5.75 Å². The smallest absolute Gasteiger partial charge is 0.368 e. The topological polar surface area (TPSA) is 220 Å². The van der Waals surface area contributed by atoms with Gasteiger partial charge in [0.2, 0.25) is 23.6 Å². The van der Waals surface area contributed by atoms with Gasteiger partial charge in [0.15, 0.2) is 0 Å². The SMILES string of the molecule is C[C@H](NC(=O)[C@@H](N)Cc1ccc(OS(=O)(=O)O)cc1)C(=O)N[C@@H](Cc1ccccc1)C(=O)NCC(N)=O. The van der Waals surface area contributed by atoms with Crippen LogP contribution in [0.1, 0.15) is 18.1 Å². The fraction of sp³-hybridized carbons (Fsp3) is 0.304. The second-order valence-electron chi connectivity index (χ2n) is 8.13. The van der Waals surface area contributed by atoms with Crippen molar-refractivity contribution in [3.63, 3.8) is 0 Å². The molecule has 2 aromatic rings. The van der Waals surface area contributed by atoms with Crippen LogP contribution in [0.25, 0.3) is 0 Å². The van der Waals surface area contributed by atoms with Gasteiger partial charge < -0.3 is 31.6 Å². The van der Waals surface area contributed by atoms with Crippen molar-refractivity contribution < 1.29 is 36.3 Å². The number of carbonyl (C=O) groups is 4. The summed E-state index contributed by atoms with van der Waals surface area (Å²) in [5.41, 5.74) is 12.3. The number of amides is 4. The lowest BCUT2D eigenvalue weighted by Gasteiger charge is -2.22. The average molecular weight is 536 g/mol. The molecule has 0 radical (unpaired) electrons. The third-order valence-corrected chi connectivity index (χ3v) is 5.42. The molecule has 0 aliphatic heterocycles. The van der Waals surface area contributed by atoms with Crippen molar-refractivity contribution in [2.24, 2.45) is 11.5 Å². The van der Waals surface area contributed by atoms with E-state index < -0.39 is 58.7 Å². The Hall–Kier alpha value is -4.01. The van der Waals surface area contributed by atoms with E-state index in [4.69, 9.17) is 16.0 Å². The van der Waals surface area contributed by atoms with E-state index in [1.165, 1.54) is 31.2 Å². The summed E-state index contributed by atoms with van der Waals surface area (Å²) >= 11 is 0. The Morgan fingerprint density at radius 2 is 1.49 bits per heavy atom. The lowest BCUT2D eigenvalue weighted by atomic mass is 10.0. The molecule has 0 aromatic heterocycles. The largest absolute Gasteiger partial charge is 0.446 e. The fourth-order valence-electron chi connectivity index (χ4n) is 3.19. The van der Waals surface area contributed by atoms with Gasteiger partial charge in [-0.25, -0.2) is 0 Å². The molecule has 0 aliphatic rings. The highest BCUT2D eigenvalue weighted by Crippen LogP contribution is 2.15. The van der Waals surface area contributed by atoms with Crippen LogP contribution < -0.4 is 31.6 Å². The molecule has 0 fully saturated rings. The predicted octanol–water partition coefficient (Wildman–Crippen LogP) is -1.43. The molecule has 0 bridgehead atoms. The van der Waals surface area contributed by atoms with Gasteiger partial charge in [-0.2, -0.15) is 8.42 Å². The van der Waals surface area contributed by atoms with Crippen LogP contribution in [-0.2, 0) is 42.4 Å². The zero-order valence-electron chi connectivity index (χ0n) is 19.9. The van der Waals surface area contributed by atoms with E-state index in [-0.39, 0.29) is 18.6 Å². The van der Waals surface area contributed by atoms with Crippen LogP contribution in [0.3, 0.4) is 0 Å². The first-order valence-electron chi connectivity index (χ1n) is 11.1. The van der Waals surface area contributed by atoms with E-state index in [1.807, 2.05) is 0 Å². The van der Waals surface area contributed by atoms with E-state index in [0.717, 1.165) is 5.56 Å². The van der Waals surface area contributed by atoms with Gasteiger partial charge in [0.1, 0.15) is 17.8 Å². The molecular formula is C23H29N5O8S. The summed E-state index contributed by atoms with van der Waals surface area (Å²) in [5.74, 6) is -2.78. The van der Waals surface area contributed by atoms with Crippen LogP contribution in [0.2, 0.25) is 0 Å². The van der Waals surface area contributed by atoms with Crippen LogP contribution >= 0.6 is 0 Å². The summed E-state index contributed by atoms with van der Waals surface area (Å²) in [5, 5.41) is 7.40. The van der Waals surface area contributed by atoms with Gasteiger partial charge in [-0.1, -0.05) is 42.5 Å². The Morgan fingerprint density at radius 3 is 2.05 bits per heavy atom. The number of primary amides is 1. The normalized spacial score (nSPS) is 13.5. The first-order valence-corrected chi connectivity index (χ1v) is 12.4. The second kappa shape index (κ2) is 13.3. The third-order valence-electron chi connectivity index (χ3n) is 5.02. The zero-order chi connectivity index (χ0) is 27.6. The minimum Gasteiger partial charge on any atom is -0.368 e. The van der Waals surface area contributed by atoms with Crippen molar-refractivity contribution in [2.75, 3.05) is 6.54 Å². The van der Waals surface area contributed by atoms with E-state index in [2.05, 4.69) is 20.1 Å². The Labute approximate surface area is 213 Å². The second-order valence-corrected chi connectivity index (χ2v) is 9.15. The van der Waals surface area contributed by atoms with E-state index in [9.17, 15) is 27.6 Å². The average Bonchev–Trinajstić information content (AvgIpc) is 2.82. The summed E-state index contributed by atoms with van der Waals surface area (Å²) in [6, 6.07) is 11.2. The molecule has 0 saturated carbocycles. The maximum Gasteiger partial charge on any atom is 0.446 e. The zero-order valence-corrected chi connectivity index (χ0v) is 20.7. The van der Waals surface area contributed by atoms with Crippen LogP contribution in [-0.4, -0.2) is 61.3 Å². The Kier molecular flexibility index (Phi) is 10.5. The number of benzene rings is 2. The van der Waals surface area contributed by atoms with Crippen molar-refractivity contribution in [3.8, 4) is 5.75 Å². The maximum absolute atomic E-state index is 12.7. The Bertz CT molecular complexity index is 1210. The number of nitrogens with two attached hydrogens (primary N) is 2. The number of rotatable bonds is 13. The molecule has 2 aromatic carbocycles. The molecule has 3 atom stereocenters. The minimum atomic E-state index is -4.66. The molecule has 0 aliphatic carbocycles. The standard InChI is InChI=1S/C23H29N5O8S/c1-14(27-22(31)18(24)11-16-7-9-17(10-8-16)36-37(33,34)35)21(30)28-19(23(32)26-13-20(25)29)12-15-5-3-2-4-6-15/h2-10,14,18-19H,11-13,24H2,1H3,(H2,25,29)(H,26,32)(H,27,31)(H,28,30)(H,33,34,35)/t14-,18-,19-/m0/s1. The van der Waals surface area contributed by atoms with Crippen molar-refractivity contribution >= 4 is 34.0 Å². The molecule has 2 rings (SSSR count). The van der Waals surface area contributed by atoms with Crippen LogP contribution in [0, 0.1) is 0 Å². The summed E-state index contributed by atoms with van der Waals surface area (Å²) in [6.45, 7) is 1.02. The van der Waals surface area contributed by atoms with Gasteiger partial charge in [-0.3, -0.25) is 23.7 Å². The van der Waals surface area contributed by atoms with Gasteiger partial charge >= 0.3 is 10.4 Å². The first kappa shape index (κ1) is 29.2. The predicted molar refractivity (Wildman–Crippen MR) is 132 cm³/mol. The van der Waals surface area contributed by atoms with Crippen LogP contribution in [0.4, 0.5) is 0 Å². The monoisotopic (exact) mass is 535 g/mol. The lowest BCUT2D eigenvalue weighted by molar-refractivity contribution is -0.132. The summed E-state index contributed by atoms with van der Waals surface area (Å²) < 4.78 is 34.5. The highest BCUT2D eigenvalue weighted by atomic mass is 32.3. The molecule has 0 spiro atoms. The number of hydrogen-bond donors (Lipinski definition) is 6. The van der Waals surface area contributed by atoms with E-state index in [0.29, 0.717) is 5.56 Å². The van der Waals surface area contributed by atoms with E-state index in [1.54, 1.807) is 30.3 Å². The quantitative estimate of drug-likeness (QED) is 0.165. The first-order chi connectivity index (χ1) is 17.3. The minimum absolute atomic E-state index is 0.0541.